The van der Waals surface area contributed by atoms with E-state index in [4.69, 9.17) is 4.74 Å². The molecule has 0 radical (unpaired) electrons. The summed E-state index contributed by atoms with van der Waals surface area (Å²) >= 11 is 0. The fourth-order valence-corrected chi connectivity index (χ4v) is 6.90. The van der Waals surface area contributed by atoms with Gasteiger partial charge >= 0.3 is 0 Å². The van der Waals surface area contributed by atoms with Gasteiger partial charge in [0.1, 0.15) is 5.25 Å². The van der Waals surface area contributed by atoms with Gasteiger partial charge in [-0.05, 0) is 61.8 Å². The van der Waals surface area contributed by atoms with Crippen LogP contribution in [0.15, 0.2) is 54.6 Å². The molecule has 32 heavy (non-hydrogen) atoms. The van der Waals surface area contributed by atoms with Gasteiger partial charge in [-0.2, -0.15) is 4.31 Å². The molecule has 0 spiro atoms. The van der Waals surface area contributed by atoms with Crippen molar-refractivity contribution in [2.24, 2.45) is 5.92 Å². The molecule has 0 aliphatic carbocycles. The van der Waals surface area contributed by atoms with Gasteiger partial charge in [-0.3, -0.25) is 4.79 Å². The lowest BCUT2D eigenvalue weighted by atomic mass is 10.00. The number of ether oxygens (including phenoxy) is 1. The first kappa shape index (κ1) is 23.0. The number of amides is 1. The molecule has 2 saturated heterocycles. The summed E-state index contributed by atoms with van der Waals surface area (Å²) in [5, 5.41) is 2.51. The normalized spacial score (nSPS) is 22.8. The third-order valence-corrected chi connectivity index (χ3v) is 9.06. The maximum absolute atomic E-state index is 13.4. The Kier molecular flexibility index (Phi) is 7.28. The number of nitrogens with zero attached hydrogens (tertiary/aromatic N) is 1. The minimum atomic E-state index is -3.47. The summed E-state index contributed by atoms with van der Waals surface area (Å²) in [6.07, 6.45) is 3.42. The Balaban J connectivity index is 1.42. The summed E-state index contributed by atoms with van der Waals surface area (Å²) in [5.41, 5.74) is 2.33. The van der Waals surface area contributed by atoms with Crippen LogP contribution in [-0.2, 0) is 14.8 Å². The molecule has 2 aliphatic rings. The molecule has 2 aromatic rings. The monoisotopic (exact) mass is 456 g/mol. The van der Waals surface area contributed by atoms with Crippen molar-refractivity contribution in [1.29, 1.82) is 0 Å². The van der Waals surface area contributed by atoms with Crippen LogP contribution >= 0.6 is 0 Å². The predicted octanol–water partition coefficient (Wildman–Crippen LogP) is 4.07. The molecular formula is C25H32N2O4S. The number of rotatable bonds is 6. The Morgan fingerprint density at radius 3 is 2.44 bits per heavy atom. The summed E-state index contributed by atoms with van der Waals surface area (Å²) in [4.78, 5) is 12.5. The number of benzene rings is 2. The average molecular weight is 457 g/mol. The summed E-state index contributed by atoms with van der Waals surface area (Å²) in [5.74, 6) is 0.374. The minimum Gasteiger partial charge on any atom is -0.381 e. The maximum atomic E-state index is 13.4. The van der Waals surface area contributed by atoms with Crippen molar-refractivity contribution in [1.82, 2.24) is 9.62 Å². The summed E-state index contributed by atoms with van der Waals surface area (Å²) < 4.78 is 33.8. The van der Waals surface area contributed by atoms with Crippen LogP contribution in [-0.4, -0.2) is 44.9 Å². The lowest BCUT2D eigenvalue weighted by molar-refractivity contribution is 0.0642. The Labute approximate surface area is 191 Å². The average Bonchev–Trinajstić information content (AvgIpc) is 2.83. The van der Waals surface area contributed by atoms with Crippen molar-refractivity contribution in [3.63, 3.8) is 0 Å². The first-order valence-electron chi connectivity index (χ1n) is 11.5. The van der Waals surface area contributed by atoms with Gasteiger partial charge in [-0.1, -0.05) is 42.5 Å². The summed E-state index contributed by atoms with van der Waals surface area (Å²) in [6.45, 7) is 4.62. The second-order valence-electron chi connectivity index (χ2n) is 8.76. The highest BCUT2D eigenvalue weighted by atomic mass is 32.2. The van der Waals surface area contributed by atoms with Gasteiger partial charge < -0.3 is 10.1 Å². The van der Waals surface area contributed by atoms with Crippen LogP contribution < -0.4 is 5.32 Å². The SMILES string of the molecule is CC(c1ccc(C(=O)NCC2CCOCC2)cc1)N1CCCC(c2ccccc2)S1(=O)=O. The highest BCUT2D eigenvalue weighted by molar-refractivity contribution is 7.89. The number of hydrogen-bond donors (Lipinski definition) is 1. The van der Waals surface area contributed by atoms with E-state index in [1.165, 1.54) is 0 Å². The second kappa shape index (κ2) is 10.1. The van der Waals surface area contributed by atoms with Gasteiger partial charge in [0, 0.05) is 37.9 Å². The van der Waals surface area contributed by atoms with Crippen LogP contribution in [0, 0.1) is 5.92 Å². The molecule has 0 bridgehead atoms. The molecule has 2 aliphatic heterocycles. The second-order valence-corrected chi connectivity index (χ2v) is 10.8. The van der Waals surface area contributed by atoms with E-state index in [1.807, 2.05) is 49.4 Å². The highest BCUT2D eigenvalue weighted by Crippen LogP contribution is 2.38. The number of carbonyl (C=O) groups is 1. The van der Waals surface area contributed by atoms with Gasteiger partial charge in [-0.25, -0.2) is 8.42 Å². The fraction of sp³-hybridized carbons (Fsp3) is 0.480. The Morgan fingerprint density at radius 2 is 1.75 bits per heavy atom. The molecule has 4 rings (SSSR count). The smallest absolute Gasteiger partial charge is 0.251 e. The van der Waals surface area contributed by atoms with Crippen LogP contribution in [0.2, 0.25) is 0 Å². The van der Waals surface area contributed by atoms with E-state index < -0.39 is 15.3 Å². The number of sulfonamides is 1. The first-order chi connectivity index (χ1) is 15.5. The molecule has 1 N–H and O–H groups in total. The van der Waals surface area contributed by atoms with Crippen molar-refractivity contribution in [2.45, 2.75) is 43.9 Å². The standard InChI is InChI=1S/C25H32N2O4S/c1-19(27-15-5-8-24(32(27,29)30)22-6-3-2-4-7-22)21-9-11-23(12-10-21)25(28)26-18-20-13-16-31-17-14-20/h2-4,6-7,9-12,19-20,24H,5,8,13-18H2,1H3,(H,26,28). The van der Waals surface area contributed by atoms with Crippen LogP contribution in [0.25, 0.3) is 0 Å². The van der Waals surface area contributed by atoms with E-state index in [1.54, 1.807) is 16.4 Å². The third-order valence-electron chi connectivity index (χ3n) is 6.68. The minimum absolute atomic E-state index is 0.0922. The predicted molar refractivity (Wildman–Crippen MR) is 125 cm³/mol. The zero-order valence-corrected chi connectivity index (χ0v) is 19.4. The van der Waals surface area contributed by atoms with Crippen molar-refractivity contribution in [3.8, 4) is 0 Å². The molecule has 0 aromatic heterocycles. The van der Waals surface area contributed by atoms with Crippen LogP contribution in [0.1, 0.15) is 65.4 Å². The number of nitrogens with one attached hydrogen (secondary N) is 1. The molecular weight excluding hydrogens is 424 g/mol. The van der Waals surface area contributed by atoms with E-state index in [-0.39, 0.29) is 11.9 Å². The molecule has 7 heteroatoms. The van der Waals surface area contributed by atoms with Crippen molar-refractivity contribution < 1.29 is 17.9 Å². The van der Waals surface area contributed by atoms with Crippen molar-refractivity contribution in [2.75, 3.05) is 26.3 Å². The summed E-state index contributed by atoms with van der Waals surface area (Å²) in [6, 6.07) is 16.5. The van der Waals surface area contributed by atoms with Crippen LogP contribution in [0.5, 0.6) is 0 Å². The Bertz CT molecular complexity index is 1000. The molecule has 2 fully saturated rings. The van der Waals surface area contributed by atoms with E-state index in [2.05, 4.69) is 5.32 Å². The first-order valence-corrected chi connectivity index (χ1v) is 13.0. The van der Waals surface area contributed by atoms with Gasteiger partial charge in [-0.15, -0.1) is 0 Å². The lowest BCUT2D eigenvalue weighted by Gasteiger charge is -2.36. The third kappa shape index (κ3) is 5.05. The summed E-state index contributed by atoms with van der Waals surface area (Å²) in [7, 11) is -3.47. The fourth-order valence-electron chi connectivity index (χ4n) is 4.66. The zero-order chi connectivity index (χ0) is 22.6. The van der Waals surface area contributed by atoms with E-state index in [0.29, 0.717) is 31.0 Å². The number of carbonyl (C=O) groups excluding carboxylic acids is 1. The van der Waals surface area contributed by atoms with E-state index in [0.717, 1.165) is 43.6 Å². The molecule has 2 aromatic carbocycles. The van der Waals surface area contributed by atoms with Crippen LogP contribution in [0.4, 0.5) is 0 Å². The van der Waals surface area contributed by atoms with E-state index in [9.17, 15) is 13.2 Å². The van der Waals surface area contributed by atoms with Gasteiger partial charge in [0.2, 0.25) is 10.0 Å². The van der Waals surface area contributed by atoms with E-state index >= 15 is 0 Å². The van der Waals surface area contributed by atoms with Gasteiger partial charge in [0.15, 0.2) is 0 Å². The Morgan fingerprint density at radius 1 is 1.06 bits per heavy atom. The molecule has 1 amide bonds. The molecule has 0 saturated carbocycles. The van der Waals surface area contributed by atoms with Crippen molar-refractivity contribution >= 4 is 15.9 Å². The quantitative estimate of drug-likeness (QED) is 0.711. The Hall–Kier alpha value is -2.22. The molecule has 172 valence electrons. The topological polar surface area (TPSA) is 75.7 Å². The molecule has 2 atom stereocenters. The van der Waals surface area contributed by atoms with Crippen LogP contribution in [0.3, 0.4) is 0 Å². The maximum Gasteiger partial charge on any atom is 0.251 e. The molecule has 2 heterocycles. The number of hydrogen-bond acceptors (Lipinski definition) is 4. The molecule has 2 unspecified atom stereocenters. The van der Waals surface area contributed by atoms with Crippen molar-refractivity contribution in [3.05, 3.63) is 71.3 Å². The lowest BCUT2D eigenvalue weighted by Crippen LogP contribution is -2.41. The molecule has 6 nitrogen and oxygen atoms in total. The van der Waals surface area contributed by atoms with Gasteiger partial charge in [0.25, 0.3) is 5.91 Å². The van der Waals surface area contributed by atoms with Gasteiger partial charge in [0.05, 0.1) is 0 Å². The highest BCUT2D eigenvalue weighted by Gasteiger charge is 2.39. The zero-order valence-electron chi connectivity index (χ0n) is 18.6. The largest absolute Gasteiger partial charge is 0.381 e.